The lowest BCUT2D eigenvalue weighted by atomic mass is 10.0. The summed E-state index contributed by atoms with van der Waals surface area (Å²) >= 11 is 0. The highest BCUT2D eigenvalue weighted by Gasteiger charge is 2.47. The molecular weight excluding hydrogens is 510 g/mol. The van der Waals surface area contributed by atoms with E-state index in [1.807, 2.05) is 60.7 Å². The van der Waals surface area contributed by atoms with Crippen LogP contribution < -0.4 is 0 Å². The zero-order chi connectivity index (χ0) is 28.4. The topological polar surface area (TPSA) is 136 Å². The van der Waals surface area contributed by atoms with Crippen molar-refractivity contribution in [2.24, 2.45) is 4.99 Å². The summed E-state index contributed by atoms with van der Waals surface area (Å²) in [7, 11) is 1.23. The molecule has 2 aromatic carbocycles. The van der Waals surface area contributed by atoms with Gasteiger partial charge in [0.1, 0.15) is 0 Å². The number of hydrogen-bond donors (Lipinski definition) is 0. The molecule has 0 amide bonds. The van der Waals surface area contributed by atoms with Gasteiger partial charge in [0.2, 0.25) is 0 Å². The predicted molar refractivity (Wildman–Crippen MR) is 137 cm³/mol. The third-order valence-electron chi connectivity index (χ3n) is 5.58. The number of methoxy groups -OCH3 is 1. The van der Waals surface area contributed by atoms with E-state index in [1.54, 1.807) is 0 Å². The van der Waals surface area contributed by atoms with Crippen molar-refractivity contribution in [3.63, 3.8) is 0 Å². The van der Waals surface area contributed by atoms with Crippen LogP contribution in [-0.4, -0.2) is 80.6 Å². The van der Waals surface area contributed by atoms with Crippen LogP contribution in [0.15, 0.2) is 65.7 Å². The molecule has 0 aromatic heterocycles. The molecule has 1 fully saturated rings. The molecule has 0 bridgehead atoms. The second-order valence-corrected chi connectivity index (χ2v) is 8.58. The number of nitrogens with zero attached hydrogens (tertiary/aromatic N) is 1. The van der Waals surface area contributed by atoms with Gasteiger partial charge >= 0.3 is 23.9 Å². The highest BCUT2D eigenvalue weighted by Crippen LogP contribution is 2.26. The molecule has 0 radical (unpaired) electrons. The molecular formula is C28H31NO10. The number of esters is 4. The fourth-order valence-corrected chi connectivity index (χ4v) is 4.00. The lowest BCUT2D eigenvalue weighted by Crippen LogP contribution is -2.58. The summed E-state index contributed by atoms with van der Waals surface area (Å²) in [4.78, 5) is 52.7. The number of carbonyl (C=O) groups is 4. The quantitative estimate of drug-likeness (QED) is 0.250. The van der Waals surface area contributed by atoms with Gasteiger partial charge in [-0.15, -0.1) is 0 Å². The first-order valence-corrected chi connectivity index (χ1v) is 12.2. The molecule has 0 aliphatic carbocycles. The molecule has 5 atom stereocenters. The average Bonchev–Trinajstić information content (AvgIpc) is 2.91. The first-order valence-electron chi connectivity index (χ1n) is 12.2. The fraction of sp³-hybridized carbons (Fsp3) is 0.393. The second-order valence-electron chi connectivity index (χ2n) is 8.58. The zero-order valence-corrected chi connectivity index (χ0v) is 22.1. The molecule has 0 spiro atoms. The minimum absolute atomic E-state index is 0.217. The van der Waals surface area contributed by atoms with E-state index in [9.17, 15) is 19.2 Å². The van der Waals surface area contributed by atoms with Crippen molar-refractivity contribution in [3.05, 3.63) is 71.8 Å². The van der Waals surface area contributed by atoms with E-state index < -0.39 is 54.5 Å². The molecule has 11 heteroatoms. The van der Waals surface area contributed by atoms with Crippen LogP contribution in [0, 0.1) is 0 Å². The summed E-state index contributed by atoms with van der Waals surface area (Å²) in [6.45, 7) is 2.96. The average molecular weight is 542 g/mol. The van der Waals surface area contributed by atoms with Gasteiger partial charge in [-0.1, -0.05) is 60.7 Å². The Kier molecular flexibility index (Phi) is 10.7. The minimum Gasteiger partial charge on any atom is -0.467 e. The fourth-order valence-electron chi connectivity index (χ4n) is 4.00. The number of rotatable bonds is 10. The van der Waals surface area contributed by atoms with Gasteiger partial charge < -0.3 is 28.4 Å². The van der Waals surface area contributed by atoms with Crippen LogP contribution >= 0.6 is 0 Å². The maximum atomic E-state index is 12.8. The van der Waals surface area contributed by atoms with E-state index in [1.165, 1.54) is 14.0 Å². The molecule has 11 nitrogen and oxygen atoms in total. The number of benzene rings is 2. The van der Waals surface area contributed by atoms with Crippen LogP contribution in [0.25, 0.3) is 0 Å². The standard InChI is InChI=1S/C28H31NO10/c1-17(30)37-23-16-36-28(26(39-19(3)32)25(23)38-18(2)31)35-15-22(27(33)34-4)29-24(20-11-7-5-8-12-20)21-13-9-6-10-14-21/h5-14,22-23,25-26,28H,15-16H2,1-4H3/t22-,23+,25-,26+,28+/m0/s1. The van der Waals surface area contributed by atoms with Gasteiger partial charge in [0.05, 0.1) is 26.0 Å². The largest absolute Gasteiger partial charge is 0.467 e. The van der Waals surface area contributed by atoms with Gasteiger partial charge in [0, 0.05) is 31.9 Å². The van der Waals surface area contributed by atoms with Crippen molar-refractivity contribution in [1.29, 1.82) is 0 Å². The molecule has 1 heterocycles. The minimum atomic E-state index is -1.30. The number of ether oxygens (including phenoxy) is 6. The van der Waals surface area contributed by atoms with Crippen molar-refractivity contribution in [1.82, 2.24) is 0 Å². The predicted octanol–water partition coefficient (Wildman–Crippen LogP) is 2.23. The van der Waals surface area contributed by atoms with Crippen molar-refractivity contribution in [2.45, 2.75) is 51.4 Å². The zero-order valence-electron chi connectivity index (χ0n) is 22.1. The lowest BCUT2D eigenvalue weighted by Gasteiger charge is -2.40. The molecule has 1 aliphatic heterocycles. The maximum absolute atomic E-state index is 12.8. The molecule has 0 unspecified atom stereocenters. The molecule has 208 valence electrons. The Bertz CT molecular complexity index is 1130. The van der Waals surface area contributed by atoms with Gasteiger partial charge in [-0.05, 0) is 0 Å². The van der Waals surface area contributed by atoms with Crippen LogP contribution in [0.3, 0.4) is 0 Å². The van der Waals surface area contributed by atoms with E-state index in [0.29, 0.717) is 5.71 Å². The second kappa shape index (κ2) is 14.2. The third-order valence-corrected chi connectivity index (χ3v) is 5.58. The number of hydrogen-bond acceptors (Lipinski definition) is 11. The van der Waals surface area contributed by atoms with Crippen molar-refractivity contribution in [2.75, 3.05) is 20.3 Å². The molecule has 3 rings (SSSR count). The Morgan fingerprint density at radius 1 is 0.821 bits per heavy atom. The SMILES string of the molecule is COC(=O)[C@H](CO[C@@H]1OC[C@@H](OC(C)=O)[C@H](OC(C)=O)[C@H]1OC(C)=O)N=C(c1ccccc1)c1ccccc1. The summed E-state index contributed by atoms with van der Waals surface area (Å²) in [5.74, 6) is -2.72. The van der Waals surface area contributed by atoms with Crippen molar-refractivity contribution < 1.29 is 47.6 Å². The summed E-state index contributed by atoms with van der Waals surface area (Å²) in [6.07, 6.45) is -4.83. The monoisotopic (exact) mass is 541 g/mol. The van der Waals surface area contributed by atoms with Gasteiger partial charge in [-0.2, -0.15) is 0 Å². The third kappa shape index (κ3) is 8.45. The van der Waals surface area contributed by atoms with E-state index >= 15 is 0 Å². The Hall–Kier alpha value is -4.09. The van der Waals surface area contributed by atoms with Crippen LogP contribution in [0.5, 0.6) is 0 Å². The van der Waals surface area contributed by atoms with E-state index in [0.717, 1.165) is 25.0 Å². The Labute approximate surface area is 226 Å². The smallest absolute Gasteiger partial charge is 0.333 e. The van der Waals surface area contributed by atoms with E-state index in [-0.39, 0.29) is 13.2 Å². The van der Waals surface area contributed by atoms with Gasteiger partial charge in [0.25, 0.3) is 0 Å². The maximum Gasteiger partial charge on any atom is 0.333 e. The molecule has 39 heavy (non-hydrogen) atoms. The number of aliphatic imine (C=N–C) groups is 1. The highest BCUT2D eigenvalue weighted by atomic mass is 16.7. The van der Waals surface area contributed by atoms with E-state index in [4.69, 9.17) is 28.4 Å². The van der Waals surface area contributed by atoms with Crippen LogP contribution in [0.4, 0.5) is 0 Å². The van der Waals surface area contributed by atoms with Crippen LogP contribution in [-0.2, 0) is 47.6 Å². The van der Waals surface area contributed by atoms with Crippen LogP contribution in [0.1, 0.15) is 31.9 Å². The van der Waals surface area contributed by atoms with Crippen LogP contribution in [0.2, 0.25) is 0 Å². The first-order chi connectivity index (χ1) is 18.7. The highest BCUT2D eigenvalue weighted by molar-refractivity contribution is 6.13. The number of carbonyl (C=O) groups excluding carboxylic acids is 4. The van der Waals surface area contributed by atoms with Gasteiger partial charge in [-0.3, -0.25) is 19.4 Å². The van der Waals surface area contributed by atoms with E-state index in [2.05, 4.69) is 4.99 Å². The molecule has 2 aromatic rings. The molecule has 0 N–H and O–H groups in total. The Morgan fingerprint density at radius 3 is 1.82 bits per heavy atom. The lowest BCUT2D eigenvalue weighted by molar-refractivity contribution is -0.281. The molecule has 1 saturated heterocycles. The van der Waals surface area contributed by atoms with Crippen molar-refractivity contribution in [3.8, 4) is 0 Å². The molecule has 1 aliphatic rings. The summed E-state index contributed by atoms with van der Waals surface area (Å²) in [6, 6.07) is 17.5. The van der Waals surface area contributed by atoms with Gasteiger partial charge in [0.15, 0.2) is 30.6 Å². The van der Waals surface area contributed by atoms with Crippen molar-refractivity contribution >= 4 is 29.6 Å². The summed E-state index contributed by atoms with van der Waals surface area (Å²) in [5, 5.41) is 0. The Balaban J connectivity index is 1.91. The van der Waals surface area contributed by atoms with Gasteiger partial charge in [-0.25, -0.2) is 4.79 Å². The molecule has 0 saturated carbocycles. The first kappa shape index (κ1) is 29.5. The summed E-state index contributed by atoms with van der Waals surface area (Å²) < 4.78 is 32.4. The normalized spacial score (nSPS) is 21.1. The summed E-state index contributed by atoms with van der Waals surface area (Å²) in [5.41, 5.74) is 2.07. The Morgan fingerprint density at radius 2 is 1.33 bits per heavy atom.